The minimum absolute atomic E-state index is 0.178. The Balaban J connectivity index is 1.39. The standard InChI is InChI=1S/C22H19FN4O2/c1-26(15-17-5-9-20(10-6-17)27-12-2-11-24-27)22(28)21-14-19(25-29-21)13-16-3-7-18(23)8-4-16/h2-12,14H,13,15H2,1H3. The van der Waals surface area contributed by atoms with E-state index in [0.717, 1.165) is 16.8 Å². The summed E-state index contributed by atoms with van der Waals surface area (Å²) < 4.78 is 20.0. The van der Waals surface area contributed by atoms with Crippen LogP contribution in [0.15, 0.2) is 77.6 Å². The third-order valence-corrected chi connectivity index (χ3v) is 4.54. The van der Waals surface area contributed by atoms with Gasteiger partial charge in [-0.15, -0.1) is 0 Å². The molecule has 29 heavy (non-hydrogen) atoms. The number of hydrogen-bond acceptors (Lipinski definition) is 4. The van der Waals surface area contributed by atoms with E-state index in [1.165, 1.54) is 12.1 Å². The maximum atomic E-state index is 13.0. The molecular formula is C22H19FN4O2. The predicted molar refractivity (Wildman–Crippen MR) is 105 cm³/mol. The highest BCUT2D eigenvalue weighted by molar-refractivity contribution is 5.91. The van der Waals surface area contributed by atoms with Crippen LogP contribution in [0.4, 0.5) is 4.39 Å². The molecule has 0 aliphatic carbocycles. The third kappa shape index (κ3) is 4.40. The molecular weight excluding hydrogens is 371 g/mol. The van der Waals surface area contributed by atoms with Gasteiger partial charge in [0, 0.05) is 38.5 Å². The van der Waals surface area contributed by atoms with Gasteiger partial charge in [0.05, 0.1) is 11.4 Å². The van der Waals surface area contributed by atoms with E-state index < -0.39 is 0 Å². The van der Waals surface area contributed by atoms with E-state index in [-0.39, 0.29) is 17.5 Å². The molecule has 6 nitrogen and oxygen atoms in total. The largest absolute Gasteiger partial charge is 0.351 e. The van der Waals surface area contributed by atoms with E-state index >= 15 is 0 Å². The van der Waals surface area contributed by atoms with Gasteiger partial charge < -0.3 is 9.42 Å². The molecule has 0 radical (unpaired) electrons. The summed E-state index contributed by atoms with van der Waals surface area (Å²) in [6.45, 7) is 0.437. The zero-order valence-electron chi connectivity index (χ0n) is 15.8. The SMILES string of the molecule is CN(Cc1ccc(-n2cccn2)cc1)C(=O)c1cc(Cc2ccc(F)cc2)no1. The number of halogens is 1. The van der Waals surface area contributed by atoms with Crippen molar-refractivity contribution in [3.63, 3.8) is 0 Å². The van der Waals surface area contributed by atoms with Crippen LogP contribution in [0, 0.1) is 5.82 Å². The maximum absolute atomic E-state index is 13.0. The molecule has 4 rings (SSSR count). The molecule has 0 saturated heterocycles. The van der Waals surface area contributed by atoms with E-state index in [0.29, 0.717) is 18.7 Å². The van der Waals surface area contributed by atoms with Gasteiger partial charge in [-0.3, -0.25) is 4.79 Å². The first-order valence-corrected chi connectivity index (χ1v) is 9.13. The molecule has 0 saturated carbocycles. The Kier molecular flexibility index (Phi) is 5.20. The second-order valence-electron chi connectivity index (χ2n) is 6.76. The molecule has 0 N–H and O–H groups in total. The smallest absolute Gasteiger partial charge is 0.292 e. The second kappa shape index (κ2) is 8.10. The molecule has 146 valence electrons. The number of rotatable bonds is 6. The lowest BCUT2D eigenvalue weighted by atomic mass is 10.1. The van der Waals surface area contributed by atoms with E-state index in [9.17, 15) is 9.18 Å². The van der Waals surface area contributed by atoms with Crippen molar-refractivity contribution in [3.05, 3.63) is 101 Å². The van der Waals surface area contributed by atoms with Crippen LogP contribution in [-0.4, -0.2) is 32.8 Å². The summed E-state index contributed by atoms with van der Waals surface area (Å²) >= 11 is 0. The zero-order chi connectivity index (χ0) is 20.2. The summed E-state index contributed by atoms with van der Waals surface area (Å²) in [4.78, 5) is 14.2. The Hall–Kier alpha value is -3.74. The monoisotopic (exact) mass is 390 g/mol. The molecule has 0 fully saturated rings. The average molecular weight is 390 g/mol. The Morgan fingerprint density at radius 3 is 2.52 bits per heavy atom. The number of aromatic nitrogens is 3. The minimum atomic E-state index is -0.288. The van der Waals surface area contributed by atoms with Gasteiger partial charge in [0.15, 0.2) is 0 Å². The summed E-state index contributed by atoms with van der Waals surface area (Å²) in [5.74, 6) is -0.360. The topological polar surface area (TPSA) is 64.2 Å². The lowest BCUT2D eigenvalue weighted by Crippen LogP contribution is -2.25. The summed E-state index contributed by atoms with van der Waals surface area (Å²) in [6.07, 6.45) is 4.07. The summed E-state index contributed by atoms with van der Waals surface area (Å²) in [5, 5.41) is 8.15. The van der Waals surface area contributed by atoms with Crippen molar-refractivity contribution in [1.29, 1.82) is 0 Å². The molecule has 7 heteroatoms. The summed E-state index contributed by atoms with van der Waals surface area (Å²) in [7, 11) is 1.71. The van der Waals surface area contributed by atoms with Crippen LogP contribution in [0.3, 0.4) is 0 Å². The fraction of sp³-hybridized carbons (Fsp3) is 0.136. The summed E-state index contributed by atoms with van der Waals surface area (Å²) in [6, 6.07) is 17.5. The average Bonchev–Trinajstić information content (AvgIpc) is 3.42. The summed E-state index contributed by atoms with van der Waals surface area (Å²) in [5.41, 5.74) is 3.46. The van der Waals surface area contributed by atoms with E-state index in [1.807, 2.05) is 36.5 Å². The molecule has 2 heterocycles. The molecule has 0 spiro atoms. The predicted octanol–water partition coefficient (Wildman–Crippen LogP) is 3.86. The van der Waals surface area contributed by atoms with Gasteiger partial charge in [-0.05, 0) is 41.5 Å². The number of amides is 1. The number of carbonyl (C=O) groups excluding carboxylic acids is 1. The van der Waals surface area contributed by atoms with Gasteiger partial charge in [-0.2, -0.15) is 5.10 Å². The van der Waals surface area contributed by atoms with Crippen LogP contribution in [0.25, 0.3) is 5.69 Å². The van der Waals surface area contributed by atoms with E-state index in [4.69, 9.17) is 4.52 Å². The maximum Gasteiger partial charge on any atom is 0.292 e. The Morgan fingerprint density at radius 1 is 1.10 bits per heavy atom. The van der Waals surface area contributed by atoms with Crippen molar-refractivity contribution in [2.75, 3.05) is 7.05 Å². The number of nitrogens with zero attached hydrogens (tertiary/aromatic N) is 4. The first kappa shape index (κ1) is 18.6. The molecule has 4 aromatic rings. The fourth-order valence-electron chi connectivity index (χ4n) is 3.02. The molecule has 0 atom stereocenters. The molecule has 1 amide bonds. The van der Waals surface area contributed by atoms with Crippen molar-refractivity contribution in [2.45, 2.75) is 13.0 Å². The van der Waals surface area contributed by atoms with Crippen molar-refractivity contribution in [1.82, 2.24) is 19.8 Å². The van der Waals surface area contributed by atoms with Crippen LogP contribution in [0.1, 0.15) is 27.4 Å². The lowest BCUT2D eigenvalue weighted by Gasteiger charge is -2.15. The molecule has 0 aliphatic rings. The van der Waals surface area contributed by atoms with Crippen molar-refractivity contribution in [2.24, 2.45) is 0 Å². The first-order valence-electron chi connectivity index (χ1n) is 9.13. The van der Waals surface area contributed by atoms with Gasteiger partial charge >= 0.3 is 0 Å². The van der Waals surface area contributed by atoms with Gasteiger partial charge in [0.25, 0.3) is 5.91 Å². The van der Waals surface area contributed by atoms with Crippen LogP contribution in [0.2, 0.25) is 0 Å². The second-order valence-corrected chi connectivity index (χ2v) is 6.76. The van der Waals surface area contributed by atoms with Crippen LogP contribution in [0.5, 0.6) is 0 Å². The highest BCUT2D eigenvalue weighted by atomic mass is 19.1. The Bertz CT molecular complexity index is 1090. The molecule has 2 aromatic carbocycles. The highest BCUT2D eigenvalue weighted by Crippen LogP contribution is 2.15. The molecule has 0 bridgehead atoms. The van der Waals surface area contributed by atoms with Crippen LogP contribution >= 0.6 is 0 Å². The minimum Gasteiger partial charge on any atom is -0.351 e. The number of benzene rings is 2. The Morgan fingerprint density at radius 2 is 1.83 bits per heavy atom. The number of hydrogen-bond donors (Lipinski definition) is 0. The van der Waals surface area contributed by atoms with Gasteiger partial charge in [-0.1, -0.05) is 29.4 Å². The van der Waals surface area contributed by atoms with Crippen LogP contribution < -0.4 is 0 Å². The first-order chi connectivity index (χ1) is 14.1. The molecule has 0 aliphatic heterocycles. The van der Waals surface area contributed by atoms with Crippen molar-refractivity contribution >= 4 is 5.91 Å². The van der Waals surface area contributed by atoms with Crippen LogP contribution in [-0.2, 0) is 13.0 Å². The van der Waals surface area contributed by atoms with E-state index in [1.54, 1.807) is 41.0 Å². The van der Waals surface area contributed by atoms with Gasteiger partial charge in [0.2, 0.25) is 5.76 Å². The Labute approximate surface area is 167 Å². The van der Waals surface area contributed by atoms with Gasteiger partial charge in [0.1, 0.15) is 5.82 Å². The molecule has 0 unspecified atom stereocenters. The zero-order valence-corrected chi connectivity index (χ0v) is 15.8. The normalized spacial score (nSPS) is 10.8. The van der Waals surface area contributed by atoms with Crippen molar-refractivity contribution < 1.29 is 13.7 Å². The quantitative estimate of drug-likeness (QED) is 0.501. The number of carbonyl (C=O) groups is 1. The lowest BCUT2D eigenvalue weighted by molar-refractivity contribution is 0.0743. The fourth-order valence-corrected chi connectivity index (χ4v) is 3.02. The third-order valence-electron chi connectivity index (χ3n) is 4.54. The molecule has 2 aromatic heterocycles. The highest BCUT2D eigenvalue weighted by Gasteiger charge is 2.18. The van der Waals surface area contributed by atoms with E-state index in [2.05, 4.69) is 10.3 Å². The van der Waals surface area contributed by atoms with Crippen molar-refractivity contribution in [3.8, 4) is 5.69 Å². The van der Waals surface area contributed by atoms with Gasteiger partial charge in [-0.25, -0.2) is 9.07 Å².